The summed E-state index contributed by atoms with van der Waals surface area (Å²) in [4.78, 5) is 0. The van der Waals surface area contributed by atoms with Gasteiger partial charge in [0.2, 0.25) is 0 Å². The van der Waals surface area contributed by atoms with E-state index in [0.717, 1.165) is 10.9 Å². The molecule has 80 valence electrons. The Morgan fingerprint density at radius 3 is 2.64 bits per heavy atom. The Bertz CT molecular complexity index is 273. The van der Waals surface area contributed by atoms with Gasteiger partial charge in [-0.3, -0.25) is 0 Å². The van der Waals surface area contributed by atoms with Crippen LogP contribution in [-0.2, 0) is 4.74 Å². The molecule has 0 amide bonds. The second-order valence-electron chi connectivity index (χ2n) is 3.12. The first kappa shape index (κ1) is 12.2. The average Bonchev–Trinajstić information content (AvgIpc) is 2.61. The highest BCUT2D eigenvalue weighted by Gasteiger charge is 2.22. The molecule has 1 aromatic rings. The third-order valence-corrected chi connectivity index (χ3v) is 4.12. The highest BCUT2D eigenvalue weighted by Crippen LogP contribution is 2.30. The summed E-state index contributed by atoms with van der Waals surface area (Å²) in [7, 11) is 3.73. The Morgan fingerprint density at radius 1 is 1.57 bits per heavy atom. The Morgan fingerprint density at radius 2 is 2.29 bits per heavy atom. The molecule has 0 bridgehead atoms. The van der Waals surface area contributed by atoms with Gasteiger partial charge in [-0.2, -0.15) is 11.3 Å². The van der Waals surface area contributed by atoms with E-state index in [1.165, 1.54) is 5.56 Å². The van der Waals surface area contributed by atoms with Crippen molar-refractivity contribution >= 4 is 27.3 Å². The molecule has 14 heavy (non-hydrogen) atoms. The Labute approximate surface area is 97.8 Å². The van der Waals surface area contributed by atoms with Gasteiger partial charge in [0, 0.05) is 17.0 Å². The Kier molecular flexibility index (Phi) is 5.09. The fraction of sp³-hybridized carbons (Fsp3) is 0.600. The molecule has 0 aliphatic heterocycles. The minimum atomic E-state index is 0.228. The zero-order valence-corrected chi connectivity index (χ0v) is 11.1. The molecule has 0 fully saturated rings. The summed E-state index contributed by atoms with van der Waals surface area (Å²) in [5.41, 5.74) is 1.28. The molecule has 0 saturated heterocycles. The molecular weight excluding hydrogens is 262 g/mol. The van der Waals surface area contributed by atoms with Crippen LogP contribution in [0.3, 0.4) is 0 Å². The van der Waals surface area contributed by atoms with Gasteiger partial charge in [-0.05, 0) is 40.3 Å². The van der Waals surface area contributed by atoms with E-state index in [1.54, 1.807) is 18.4 Å². The number of hydrogen-bond acceptors (Lipinski definition) is 3. The molecule has 0 radical (unpaired) electrons. The van der Waals surface area contributed by atoms with E-state index in [4.69, 9.17) is 4.74 Å². The minimum Gasteiger partial charge on any atom is -0.379 e. The van der Waals surface area contributed by atoms with Crippen molar-refractivity contribution < 1.29 is 4.74 Å². The molecule has 0 aliphatic carbocycles. The summed E-state index contributed by atoms with van der Waals surface area (Å²) in [6.07, 6.45) is 1.23. The number of methoxy groups -OCH3 is 1. The lowest BCUT2D eigenvalue weighted by Gasteiger charge is -2.24. The molecule has 0 saturated carbocycles. The van der Waals surface area contributed by atoms with Gasteiger partial charge in [-0.25, -0.2) is 0 Å². The Hall–Kier alpha value is 0.100. The molecule has 2 unspecified atom stereocenters. The van der Waals surface area contributed by atoms with E-state index in [1.807, 2.05) is 7.05 Å². The van der Waals surface area contributed by atoms with Crippen LogP contribution in [0.1, 0.15) is 24.9 Å². The lowest BCUT2D eigenvalue weighted by Crippen LogP contribution is -2.30. The largest absolute Gasteiger partial charge is 0.379 e. The van der Waals surface area contributed by atoms with Crippen molar-refractivity contribution in [1.82, 2.24) is 5.32 Å². The predicted octanol–water partition coefficient (Wildman–Crippen LogP) is 3.20. The molecule has 1 rings (SSSR count). The zero-order chi connectivity index (χ0) is 10.6. The van der Waals surface area contributed by atoms with Crippen molar-refractivity contribution in [2.45, 2.75) is 25.5 Å². The predicted molar refractivity (Wildman–Crippen MR) is 64.9 cm³/mol. The number of thiophene rings is 1. The van der Waals surface area contributed by atoms with Gasteiger partial charge in [0.15, 0.2) is 0 Å². The first-order valence-corrected chi connectivity index (χ1v) is 6.39. The van der Waals surface area contributed by atoms with Crippen LogP contribution < -0.4 is 5.32 Å². The quantitative estimate of drug-likeness (QED) is 0.893. The topological polar surface area (TPSA) is 21.3 Å². The van der Waals surface area contributed by atoms with Crippen LogP contribution in [0.2, 0.25) is 0 Å². The zero-order valence-electron chi connectivity index (χ0n) is 8.71. The lowest BCUT2D eigenvalue weighted by atomic mass is 10.0. The van der Waals surface area contributed by atoms with Crippen molar-refractivity contribution in [2.24, 2.45) is 0 Å². The van der Waals surface area contributed by atoms with Crippen molar-refractivity contribution in [3.8, 4) is 0 Å². The number of likely N-dealkylation sites (N-methyl/N-ethyl adjacent to an activating group) is 1. The maximum Gasteiger partial charge on any atom is 0.0763 e. The molecule has 1 N–H and O–H groups in total. The number of nitrogens with one attached hydrogen (secondary N) is 1. The van der Waals surface area contributed by atoms with Gasteiger partial charge in [-0.1, -0.05) is 6.92 Å². The summed E-state index contributed by atoms with van der Waals surface area (Å²) < 4.78 is 6.62. The van der Waals surface area contributed by atoms with Crippen LogP contribution >= 0.6 is 27.3 Å². The smallest absolute Gasteiger partial charge is 0.0763 e. The van der Waals surface area contributed by atoms with Crippen molar-refractivity contribution in [1.29, 1.82) is 0 Å². The minimum absolute atomic E-state index is 0.228. The van der Waals surface area contributed by atoms with Gasteiger partial charge in [0.25, 0.3) is 0 Å². The fourth-order valence-electron chi connectivity index (χ4n) is 1.59. The van der Waals surface area contributed by atoms with Crippen molar-refractivity contribution in [2.75, 3.05) is 14.2 Å². The molecule has 0 spiro atoms. The van der Waals surface area contributed by atoms with E-state index in [9.17, 15) is 0 Å². The van der Waals surface area contributed by atoms with Gasteiger partial charge in [0.05, 0.1) is 12.1 Å². The summed E-state index contributed by atoms with van der Waals surface area (Å²) >= 11 is 5.26. The fourth-order valence-corrected chi connectivity index (χ4v) is 3.17. The molecule has 4 heteroatoms. The maximum atomic E-state index is 5.45. The monoisotopic (exact) mass is 277 g/mol. The van der Waals surface area contributed by atoms with Crippen LogP contribution in [0.15, 0.2) is 15.2 Å². The van der Waals surface area contributed by atoms with Crippen LogP contribution in [0.25, 0.3) is 0 Å². The van der Waals surface area contributed by atoms with E-state index < -0.39 is 0 Å². The Balaban J connectivity index is 2.86. The maximum absolute atomic E-state index is 5.45. The van der Waals surface area contributed by atoms with Crippen LogP contribution in [0, 0.1) is 0 Å². The normalized spacial score (nSPS) is 15.4. The molecule has 1 heterocycles. The summed E-state index contributed by atoms with van der Waals surface area (Å²) in [6.45, 7) is 2.14. The van der Waals surface area contributed by atoms with E-state index in [2.05, 4.69) is 38.9 Å². The third kappa shape index (κ3) is 2.57. The van der Waals surface area contributed by atoms with Crippen molar-refractivity contribution in [3.05, 3.63) is 20.8 Å². The molecular formula is C10H16BrNOS. The standard InChI is InChI=1S/C10H16BrNOS/c1-4-9(13-3)10(12-2)7-5-14-6-8(7)11/h5-6,9-10,12H,4H2,1-3H3. The summed E-state index contributed by atoms with van der Waals surface area (Å²) in [5, 5.41) is 7.56. The van der Waals surface area contributed by atoms with E-state index >= 15 is 0 Å². The van der Waals surface area contributed by atoms with Crippen LogP contribution in [-0.4, -0.2) is 20.3 Å². The first-order valence-electron chi connectivity index (χ1n) is 4.66. The number of hydrogen-bond donors (Lipinski definition) is 1. The summed E-state index contributed by atoms with van der Waals surface area (Å²) in [6, 6.07) is 0.269. The molecule has 0 aromatic carbocycles. The molecule has 2 atom stereocenters. The third-order valence-electron chi connectivity index (χ3n) is 2.37. The van der Waals surface area contributed by atoms with Crippen molar-refractivity contribution in [3.63, 3.8) is 0 Å². The van der Waals surface area contributed by atoms with E-state index in [-0.39, 0.29) is 12.1 Å². The number of ether oxygens (including phenoxy) is 1. The first-order chi connectivity index (χ1) is 6.74. The van der Waals surface area contributed by atoms with Gasteiger partial charge in [0.1, 0.15) is 0 Å². The second-order valence-corrected chi connectivity index (χ2v) is 4.72. The van der Waals surface area contributed by atoms with Gasteiger partial charge in [-0.15, -0.1) is 0 Å². The SMILES string of the molecule is CCC(OC)C(NC)c1cscc1Br. The van der Waals surface area contributed by atoms with E-state index in [0.29, 0.717) is 0 Å². The van der Waals surface area contributed by atoms with Gasteiger partial charge >= 0.3 is 0 Å². The lowest BCUT2D eigenvalue weighted by molar-refractivity contribution is 0.0675. The number of halogens is 1. The van der Waals surface area contributed by atoms with Crippen LogP contribution in [0.5, 0.6) is 0 Å². The van der Waals surface area contributed by atoms with Crippen LogP contribution in [0.4, 0.5) is 0 Å². The highest BCUT2D eigenvalue weighted by molar-refractivity contribution is 9.10. The highest BCUT2D eigenvalue weighted by atomic mass is 79.9. The average molecular weight is 278 g/mol. The molecule has 2 nitrogen and oxygen atoms in total. The molecule has 1 aromatic heterocycles. The van der Waals surface area contributed by atoms with Gasteiger partial charge < -0.3 is 10.1 Å². The summed E-state index contributed by atoms with van der Waals surface area (Å²) in [5.74, 6) is 0. The number of rotatable bonds is 5. The second kappa shape index (κ2) is 5.85. The molecule has 0 aliphatic rings.